The molecule has 1 atom stereocenters. The van der Waals surface area contributed by atoms with Gasteiger partial charge in [0.25, 0.3) is 10.1 Å². The Bertz CT molecular complexity index is 479. The molecule has 4 nitrogen and oxygen atoms in total. The molecule has 1 saturated heterocycles. The summed E-state index contributed by atoms with van der Waals surface area (Å²) in [6, 6.07) is 5.99. The summed E-state index contributed by atoms with van der Waals surface area (Å²) < 4.78 is 34.7. The zero-order valence-electron chi connectivity index (χ0n) is 10.4. The maximum absolute atomic E-state index is 10.5. The highest BCUT2D eigenvalue weighted by Gasteiger charge is 2.21. The van der Waals surface area contributed by atoms with Crippen molar-refractivity contribution in [3.63, 3.8) is 0 Å². The van der Waals surface area contributed by atoms with Crippen LogP contribution in [0.4, 0.5) is 0 Å². The summed E-state index contributed by atoms with van der Waals surface area (Å²) >= 11 is 11.0. The highest BCUT2D eigenvalue weighted by molar-refractivity contribution is 7.85. The van der Waals surface area contributed by atoms with Crippen molar-refractivity contribution < 1.29 is 17.7 Å². The zero-order chi connectivity index (χ0) is 14.5. The van der Waals surface area contributed by atoms with Gasteiger partial charge in [0.2, 0.25) is 0 Å². The molecule has 19 heavy (non-hydrogen) atoms. The number of alkyl halides is 2. The van der Waals surface area contributed by atoms with Crippen molar-refractivity contribution in [1.29, 1.82) is 0 Å². The third-order valence-corrected chi connectivity index (χ3v) is 3.99. The first-order valence-corrected chi connectivity index (χ1v) is 8.06. The first kappa shape index (κ1) is 16.7. The molecule has 1 aliphatic rings. The van der Waals surface area contributed by atoms with Gasteiger partial charge in [0.1, 0.15) is 4.84 Å². The summed E-state index contributed by atoms with van der Waals surface area (Å²) in [7, 11) is -4.02. The van der Waals surface area contributed by atoms with Crippen LogP contribution in [0.25, 0.3) is 0 Å². The maximum atomic E-state index is 10.5. The Hall–Kier alpha value is -0.330. The van der Waals surface area contributed by atoms with Crippen molar-refractivity contribution in [3.05, 3.63) is 29.8 Å². The lowest BCUT2D eigenvalue weighted by atomic mass is 10.2. The first-order chi connectivity index (χ1) is 8.80. The van der Waals surface area contributed by atoms with Gasteiger partial charge >= 0.3 is 0 Å². The third-order valence-electron chi connectivity index (χ3n) is 2.56. The molecular weight excluding hydrogens is 311 g/mol. The van der Waals surface area contributed by atoms with Gasteiger partial charge in [-0.05, 0) is 31.9 Å². The van der Waals surface area contributed by atoms with Crippen LogP contribution in [-0.4, -0.2) is 30.5 Å². The van der Waals surface area contributed by atoms with Crippen LogP contribution in [0.3, 0.4) is 0 Å². The SMILES string of the molecule is Cc1ccc(S(=O)(=O)O)cc1.ClC(Cl)C1CCCO1. The Balaban J connectivity index is 0.000000200. The van der Waals surface area contributed by atoms with Gasteiger partial charge in [0.05, 0.1) is 11.0 Å². The molecule has 1 aliphatic heterocycles. The Morgan fingerprint density at radius 1 is 1.32 bits per heavy atom. The lowest BCUT2D eigenvalue weighted by Crippen LogP contribution is -2.13. The van der Waals surface area contributed by atoms with Crippen molar-refractivity contribution in [2.45, 2.75) is 35.6 Å². The Labute approximate surface area is 123 Å². The molecule has 0 saturated carbocycles. The molecule has 0 spiro atoms. The normalized spacial score (nSPS) is 19.1. The maximum Gasteiger partial charge on any atom is 0.294 e. The Morgan fingerprint density at radius 3 is 2.21 bits per heavy atom. The van der Waals surface area contributed by atoms with Gasteiger partial charge in [0.15, 0.2) is 0 Å². The van der Waals surface area contributed by atoms with Crippen LogP contribution in [0.1, 0.15) is 18.4 Å². The smallest absolute Gasteiger partial charge is 0.294 e. The van der Waals surface area contributed by atoms with Crippen molar-refractivity contribution in [3.8, 4) is 0 Å². The average molecular weight is 327 g/mol. The van der Waals surface area contributed by atoms with E-state index in [2.05, 4.69) is 0 Å². The summed E-state index contributed by atoms with van der Waals surface area (Å²) in [5.74, 6) is 0. The van der Waals surface area contributed by atoms with Crippen molar-refractivity contribution >= 4 is 33.3 Å². The minimum absolute atomic E-state index is 0.0666. The molecule has 0 bridgehead atoms. The number of ether oxygens (including phenoxy) is 1. The molecule has 1 unspecified atom stereocenters. The van der Waals surface area contributed by atoms with E-state index in [-0.39, 0.29) is 15.8 Å². The first-order valence-electron chi connectivity index (χ1n) is 5.74. The van der Waals surface area contributed by atoms with Crippen LogP contribution in [-0.2, 0) is 14.9 Å². The van der Waals surface area contributed by atoms with Gasteiger partial charge in [-0.25, -0.2) is 0 Å². The molecule has 0 radical (unpaired) electrons. The number of benzene rings is 1. The van der Waals surface area contributed by atoms with Crippen LogP contribution in [0.5, 0.6) is 0 Å². The summed E-state index contributed by atoms with van der Waals surface area (Å²) in [6.45, 7) is 2.66. The average Bonchev–Trinajstić information content (AvgIpc) is 2.82. The van der Waals surface area contributed by atoms with E-state index >= 15 is 0 Å². The number of rotatable bonds is 2. The predicted molar refractivity (Wildman–Crippen MR) is 75.5 cm³/mol. The molecule has 1 fully saturated rings. The Kier molecular flexibility index (Phi) is 6.56. The van der Waals surface area contributed by atoms with Gasteiger partial charge in [-0.15, -0.1) is 23.2 Å². The monoisotopic (exact) mass is 326 g/mol. The topological polar surface area (TPSA) is 63.6 Å². The second-order valence-electron chi connectivity index (χ2n) is 4.17. The van der Waals surface area contributed by atoms with E-state index in [9.17, 15) is 8.42 Å². The Morgan fingerprint density at radius 2 is 1.89 bits per heavy atom. The van der Waals surface area contributed by atoms with E-state index in [0.717, 1.165) is 25.0 Å². The highest BCUT2D eigenvalue weighted by atomic mass is 35.5. The van der Waals surface area contributed by atoms with Crippen molar-refractivity contribution in [1.82, 2.24) is 0 Å². The molecule has 0 amide bonds. The molecule has 1 N–H and O–H groups in total. The van der Waals surface area contributed by atoms with Gasteiger partial charge in [0, 0.05) is 6.61 Å². The second kappa shape index (κ2) is 7.45. The number of aryl methyl sites for hydroxylation is 1. The predicted octanol–water partition coefficient (Wildman–Crippen LogP) is 3.21. The lowest BCUT2D eigenvalue weighted by Gasteiger charge is -2.07. The van der Waals surface area contributed by atoms with E-state index in [1.807, 2.05) is 6.92 Å². The van der Waals surface area contributed by atoms with E-state index in [0.29, 0.717) is 0 Å². The summed E-state index contributed by atoms with van der Waals surface area (Å²) in [5.41, 5.74) is 0.956. The third kappa shape index (κ3) is 6.10. The van der Waals surface area contributed by atoms with Gasteiger partial charge < -0.3 is 4.74 Å². The fraction of sp³-hybridized carbons (Fsp3) is 0.500. The molecule has 7 heteroatoms. The molecule has 1 heterocycles. The molecular formula is C12H16Cl2O4S. The lowest BCUT2D eigenvalue weighted by molar-refractivity contribution is 0.121. The van der Waals surface area contributed by atoms with Gasteiger partial charge in [-0.1, -0.05) is 17.7 Å². The van der Waals surface area contributed by atoms with Crippen LogP contribution in [0.2, 0.25) is 0 Å². The molecule has 2 rings (SSSR count). The highest BCUT2D eigenvalue weighted by Crippen LogP contribution is 2.21. The molecule has 108 valence electrons. The van der Waals surface area contributed by atoms with E-state index in [1.165, 1.54) is 12.1 Å². The quantitative estimate of drug-likeness (QED) is 0.669. The number of hydrogen-bond acceptors (Lipinski definition) is 3. The second-order valence-corrected chi connectivity index (χ2v) is 6.76. The summed E-state index contributed by atoms with van der Waals surface area (Å²) in [6.07, 6.45) is 2.21. The largest absolute Gasteiger partial charge is 0.375 e. The molecule has 0 aliphatic carbocycles. The standard InChI is InChI=1S/C7H8O3S.C5H8Cl2O/c1-6-2-4-7(5-3-6)11(8,9)10;6-5(7)4-2-1-3-8-4/h2-5H,1H3,(H,8,9,10);4-5H,1-3H2. The fourth-order valence-corrected chi connectivity index (χ4v) is 2.39. The van der Waals surface area contributed by atoms with E-state index < -0.39 is 10.1 Å². The summed E-state index contributed by atoms with van der Waals surface area (Å²) in [5, 5.41) is 0. The molecule has 0 aromatic heterocycles. The van der Waals surface area contributed by atoms with E-state index in [4.69, 9.17) is 32.5 Å². The van der Waals surface area contributed by atoms with Crippen LogP contribution >= 0.6 is 23.2 Å². The number of hydrogen-bond donors (Lipinski definition) is 1. The fourth-order valence-electron chi connectivity index (χ4n) is 1.51. The van der Waals surface area contributed by atoms with Gasteiger partial charge in [-0.3, -0.25) is 4.55 Å². The minimum Gasteiger partial charge on any atom is -0.375 e. The summed E-state index contributed by atoms with van der Waals surface area (Å²) in [4.78, 5) is -0.402. The molecule has 1 aromatic carbocycles. The van der Waals surface area contributed by atoms with Crippen LogP contribution < -0.4 is 0 Å². The van der Waals surface area contributed by atoms with Crippen molar-refractivity contribution in [2.24, 2.45) is 0 Å². The minimum atomic E-state index is -4.02. The van der Waals surface area contributed by atoms with E-state index in [1.54, 1.807) is 12.1 Å². The van der Waals surface area contributed by atoms with Crippen molar-refractivity contribution in [2.75, 3.05) is 6.61 Å². The zero-order valence-corrected chi connectivity index (χ0v) is 12.7. The van der Waals surface area contributed by atoms with Gasteiger partial charge in [-0.2, -0.15) is 8.42 Å². The molecule has 1 aromatic rings. The van der Waals surface area contributed by atoms with Crippen LogP contribution in [0.15, 0.2) is 29.2 Å². The van der Waals surface area contributed by atoms with Crippen LogP contribution in [0, 0.1) is 6.92 Å². The number of halogens is 2.